The molecule has 0 radical (unpaired) electrons. The second-order valence-electron chi connectivity index (χ2n) is 8.31. The van der Waals surface area contributed by atoms with E-state index in [1.54, 1.807) is 44.2 Å². The predicted octanol–water partition coefficient (Wildman–Crippen LogP) is 6.84. The lowest BCUT2D eigenvalue weighted by molar-refractivity contribution is 0.803. The monoisotopic (exact) mass is 314 g/mol. The highest BCUT2D eigenvalue weighted by Gasteiger charge is 2.38. The lowest BCUT2D eigenvalue weighted by Gasteiger charge is -2.32. The van der Waals surface area contributed by atoms with Crippen LogP contribution in [0.25, 0.3) is 0 Å². The van der Waals surface area contributed by atoms with Gasteiger partial charge in [-0.05, 0) is 76.1 Å². The van der Waals surface area contributed by atoms with Gasteiger partial charge in [0.1, 0.15) is 0 Å². The Labute approximate surface area is 139 Å². The molecule has 122 valence electrons. The molecule has 0 spiro atoms. The molecule has 0 heterocycles. The average Bonchev–Trinajstić information content (AvgIpc) is 2.75. The van der Waals surface area contributed by atoms with E-state index in [2.05, 4.69) is 68.5 Å². The minimum Gasteiger partial charge on any atom is -0.0707 e. The Kier molecular flexibility index (Phi) is 4.52. The smallest absolute Gasteiger partial charge is 0.0707 e. The van der Waals surface area contributed by atoms with Crippen LogP contribution in [-0.2, 0) is 0 Å². The molecule has 2 rings (SSSR count). The van der Waals surface area contributed by atoms with Crippen LogP contribution in [0.15, 0.2) is 44.2 Å². The van der Waals surface area contributed by atoms with E-state index >= 15 is 0 Å². The fourth-order valence-electron chi connectivity index (χ4n) is 4.76. The maximum absolute atomic E-state index is 2.59. The lowest BCUT2D eigenvalue weighted by atomic mass is 9.99. The van der Waals surface area contributed by atoms with Crippen molar-refractivity contribution in [2.24, 2.45) is 11.8 Å². The molecule has 1 heteroatoms. The van der Waals surface area contributed by atoms with Gasteiger partial charge in [-0.3, -0.25) is 0 Å². The Morgan fingerprint density at radius 3 is 1.50 bits per heavy atom. The molecule has 0 amide bonds. The molecule has 2 atom stereocenters. The van der Waals surface area contributed by atoms with Crippen molar-refractivity contribution in [3.63, 3.8) is 0 Å². The van der Waals surface area contributed by atoms with Crippen LogP contribution >= 0.6 is 0 Å². The van der Waals surface area contributed by atoms with Gasteiger partial charge in [0.15, 0.2) is 0 Å². The Hall–Kier alpha value is -0.823. The number of hydrogen-bond acceptors (Lipinski definition) is 0. The predicted molar refractivity (Wildman–Crippen MR) is 103 cm³/mol. The van der Waals surface area contributed by atoms with E-state index in [1.165, 1.54) is 6.04 Å². The zero-order chi connectivity index (χ0) is 17.0. The van der Waals surface area contributed by atoms with Crippen LogP contribution in [0, 0.1) is 11.8 Å². The van der Waals surface area contributed by atoms with Gasteiger partial charge in [0.05, 0.1) is 8.07 Å². The van der Waals surface area contributed by atoms with Gasteiger partial charge in [-0.1, -0.05) is 54.4 Å². The molecule has 2 aliphatic rings. The van der Waals surface area contributed by atoms with E-state index in [0.717, 1.165) is 0 Å². The summed E-state index contributed by atoms with van der Waals surface area (Å²) < 4.78 is 0. The minimum absolute atomic E-state index is 0.652. The van der Waals surface area contributed by atoms with Gasteiger partial charge in [-0.25, -0.2) is 0 Å². The van der Waals surface area contributed by atoms with Crippen molar-refractivity contribution < 1.29 is 0 Å². The number of hydrogen-bond donors (Lipinski definition) is 0. The van der Waals surface area contributed by atoms with Gasteiger partial charge in [0.2, 0.25) is 0 Å². The van der Waals surface area contributed by atoms with E-state index in [-0.39, 0.29) is 0 Å². The van der Waals surface area contributed by atoms with Crippen molar-refractivity contribution in [2.45, 2.75) is 74.5 Å². The van der Waals surface area contributed by atoms with E-state index in [4.69, 9.17) is 0 Å². The van der Waals surface area contributed by atoms with Crippen molar-refractivity contribution in [1.29, 1.82) is 0 Å². The molecule has 0 N–H and O–H groups in total. The molecule has 0 bridgehead atoms. The summed E-state index contributed by atoms with van der Waals surface area (Å²) in [6.07, 6.45) is 0. The highest BCUT2D eigenvalue weighted by Crippen LogP contribution is 2.47. The average molecular weight is 315 g/mol. The molecule has 0 nitrogen and oxygen atoms in total. The van der Waals surface area contributed by atoms with Gasteiger partial charge in [-0.2, -0.15) is 0 Å². The molecule has 22 heavy (non-hydrogen) atoms. The van der Waals surface area contributed by atoms with Crippen molar-refractivity contribution in [1.82, 2.24) is 0 Å². The van der Waals surface area contributed by atoms with Gasteiger partial charge in [0.25, 0.3) is 0 Å². The number of rotatable bonds is 3. The summed E-state index contributed by atoms with van der Waals surface area (Å²) in [7, 11) is -1.43. The van der Waals surface area contributed by atoms with E-state index in [1.807, 2.05) is 0 Å². The fraction of sp³-hybridized carbons (Fsp3) is 0.619. The molecule has 0 saturated heterocycles. The molecular formula is C21H34Si. The second-order valence-corrected chi connectivity index (χ2v) is 13.0. The van der Waals surface area contributed by atoms with E-state index < -0.39 is 8.07 Å². The third-order valence-corrected chi connectivity index (χ3v) is 10.3. The van der Waals surface area contributed by atoms with Crippen LogP contribution in [0.4, 0.5) is 0 Å². The fourth-order valence-corrected chi connectivity index (χ4v) is 9.07. The first-order chi connectivity index (χ1) is 10.0. The summed E-state index contributed by atoms with van der Waals surface area (Å²) in [6.45, 7) is 24.0. The SMILES string of the molecule is CC1=C(C)C(C)C(C[Si](C)(C)C2=C(C)C(C)=C(C)C2C)=C1C. The molecule has 0 aromatic heterocycles. The summed E-state index contributed by atoms with van der Waals surface area (Å²) in [6, 6.07) is 1.33. The Bertz CT molecular complexity index is 635. The quantitative estimate of drug-likeness (QED) is 0.500. The maximum atomic E-state index is 2.59. The summed E-state index contributed by atoms with van der Waals surface area (Å²) in [5, 5.41) is 1.80. The van der Waals surface area contributed by atoms with Crippen LogP contribution in [-0.4, -0.2) is 8.07 Å². The zero-order valence-corrected chi connectivity index (χ0v) is 17.4. The Balaban J connectivity index is 2.36. The van der Waals surface area contributed by atoms with Crippen LogP contribution in [0.2, 0.25) is 19.1 Å². The van der Waals surface area contributed by atoms with E-state index in [9.17, 15) is 0 Å². The molecule has 0 aliphatic heterocycles. The second kappa shape index (κ2) is 5.67. The van der Waals surface area contributed by atoms with Crippen LogP contribution in [0.5, 0.6) is 0 Å². The zero-order valence-electron chi connectivity index (χ0n) is 16.4. The van der Waals surface area contributed by atoms with Crippen molar-refractivity contribution in [3.05, 3.63) is 44.2 Å². The normalized spacial score (nSPS) is 27.0. The van der Waals surface area contributed by atoms with Crippen LogP contribution < -0.4 is 0 Å². The van der Waals surface area contributed by atoms with Gasteiger partial charge in [-0.15, -0.1) is 0 Å². The molecule has 2 unspecified atom stereocenters. The molecule has 0 fully saturated rings. The van der Waals surface area contributed by atoms with Crippen molar-refractivity contribution >= 4 is 8.07 Å². The molecule has 0 saturated carbocycles. The number of allylic oxidation sites excluding steroid dienone is 8. The molecule has 2 aliphatic carbocycles. The van der Waals surface area contributed by atoms with Crippen molar-refractivity contribution in [2.75, 3.05) is 0 Å². The third kappa shape index (κ3) is 2.52. The van der Waals surface area contributed by atoms with E-state index in [0.29, 0.717) is 11.8 Å². The highest BCUT2D eigenvalue weighted by atomic mass is 28.3. The molecular weight excluding hydrogens is 280 g/mol. The van der Waals surface area contributed by atoms with Gasteiger partial charge >= 0.3 is 0 Å². The largest absolute Gasteiger partial charge is 0.0806 e. The maximum Gasteiger partial charge on any atom is 0.0806 e. The molecule has 0 aromatic rings. The minimum atomic E-state index is -1.43. The summed E-state index contributed by atoms with van der Waals surface area (Å²) in [4.78, 5) is 0. The summed E-state index contributed by atoms with van der Waals surface area (Å²) in [5.74, 6) is 1.31. The lowest BCUT2D eigenvalue weighted by Crippen LogP contribution is -2.33. The van der Waals surface area contributed by atoms with Crippen LogP contribution in [0.1, 0.15) is 55.4 Å². The summed E-state index contributed by atoms with van der Waals surface area (Å²) >= 11 is 0. The van der Waals surface area contributed by atoms with Crippen molar-refractivity contribution in [3.8, 4) is 0 Å². The topological polar surface area (TPSA) is 0 Å². The Morgan fingerprint density at radius 2 is 1.14 bits per heavy atom. The summed E-state index contributed by atoms with van der Waals surface area (Å²) in [5.41, 5.74) is 11.2. The van der Waals surface area contributed by atoms with Gasteiger partial charge < -0.3 is 0 Å². The standard InChI is InChI=1S/C21H34Si/c1-12-13(2)17(6)20(16(12)5)11-22(9,10)21-18(7)14(3)15(4)19(21)8/h16,18H,11H2,1-10H3. The van der Waals surface area contributed by atoms with Crippen LogP contribution in [0.3, 0.4) is 0 Å². The van der Waals surface area contributed by atoms with Gasteiger partial charge in [0, 0.05) is 0 Å². The third-order valence-electron chi connectivity index (χ3n) is 6.81. The molecule has 0 aromatic carbocycles. The Morgan fingerprint density at radius 1 is 0.682 bits per heavy atom. The highest BCUT2D eigenvalue weighted by molar-refractivity contribution is 6.85. The first-order valence-corrected chi connectivity index (χ1v) is 12.0. The first kappa shape index (κ1) is 17.5. The first-order valence-electron chi connectivity index (χ1n) is 8.77.